The molecule has 2 N–H and O–H groups in total. The lowest BCUT2D eigenvalue weighted by Gasteiger charge is -2.22. The van der Waals surface area contributed by atoms with E-state index in [9.17, 15) is 4.79 Å². The highest BCUT2D eigenvalue weighted by atomic mass is 16.6. The van der Waals surface area contributed by atoms with Crippen molar-refractivity contribution in [2.45, 2.75) is 37.4 Å². The van der Waals surface area contributed by atoms with E-state index in [0.29, 0.717) is 13.2 Å². The number of aliphatic hydroxyl groups is 2. The second-order valence-corrected chi connectivity index (χ2v) is 4.48. The van der Waals surface area contributed by atoms with E-state index in [0.717, 1.165) is 25.7 Å². The highest BCUT2D eigenvalue weighted by molar-refractivity contribution is 5.74. The van der Waals surface area contributed by atoms with E-state index >= 15 is 0 Å². The van der Waals surface area contributed by atoms with Crippen molar-refractivity contribution in [2.75, 3.05) is 33.5 Å². The SMILES string of the molecule is COC(=O)C1CCCO1.OCC1(CO)CCCO1. The molecule has 0 spiro atoms. The minimum Gasteiger partial charge on any atom is -0.467 e. The first-order chi connectivity index (χ1) is 8.67. The van der Waals surface area contributed by atoms with Gasteiger partial charge in [-0.25, -0.2) is 4.79 Å². The minimum absolute atomic E-state index is 0.0660. The van der Waals surface area contributed by atoms with E-state index in [4.69, 9.17) is 19.7 Å². The number of aliphatic hydroxyl groups excluding tert-OH is 2. The summed E-state index contributed by atoms with van der Waals surface area (Å²) < 4.78 is 14.6. The van der Waals surface area contributed by atoms with Crippen LogP contribution in [0.4, 0.5) is 0 Å². The molecular weight excluding hydrogens is 240 g/mol. The van der Waals surface area contributed by atoms with Crippen LogP contribution in [0, 0.1) is 0 Å². The summed E-state index contributed by atoms with van der Waals surface area (Å²) in [6.07, 6.45) is 3.23. The number of hydrogen-bond donors (Lipinski definition) is 2. The van der Waals surface area contributed by atoms with Gasteiger partial charge in [0.25, 0.3) is 0 Å². The normalized spacial score (nSPS) is 25.4. The Bertz CT molecular complexity index is 237. The maximum atomic E-state index is 10.7. The molecule has 0 aromatic rings. The largest absolute Gasteiger partial charge is 0.467 e. The summed E-state index contributed by atoms with van der Waals surface area (Å²) in [6, 6.07) is 0. The van der Waals surface area contributed by atoms with Gasteiger partial charge in [-0.3, -0.25) is 0 Å². The lowest BCUT2D eigenvalue weighted by molar-refractivity contribution is -0.151. The Balaban J connectivity index is 0.000000180. The summed E-state index contributed by atoms with van der Waals surface area (Å²) in [4.78, 5) is 10.7. The topological polar surface area (TPSA) is 85.2 Å². The molecule has 1 atom stereocenters. The van der Waals surface area contributed by atoms with Gasteiger partial charge in [0.2, 0.25) is 0 Å². The van der Waals surface area contributed by atoms with Gasteiger partial charge in [-0.05, 0) is 25.7 Å². The second kappa shape index (κ2) is 7.68. The molecule has 2 aliphatic heterocycles. The smallest absolute Gasteiger partial charge is 0.334 e. The number of rotatable bonds is 3. The van der Waals surface area contributed by atoms with Gasteiger partial charge in [-0.2, -0.15) is 0 Å². The van der Waals surface area contributed by atoms with Crippen molar-refractivity contribution in [2.24, 2.45) is 0 Å². The summed E-state index contributed by atoms with van der Waals surface area (Å²) >= 11 is 0. The van der Waals surface area contributed by atoms with Crippen LogP contribution in [0.15, 0.2) is 0 Å². The van der Waals surface area contributed by atoms with Crippen LogP contribution >= 0.6 is 0 Å². The number of carbonyl (C=O) groups is 1. The predicted molar refractivity (Wildman–Crippen MR) is 63.1 cm³/mol. The summed E-state index contributed by atoms with van der Waals surface area (Å²) in [5.74, 6) is -0.243. The molecule has 0 bridgehead atoms. The molecule has 2 aliphatic rings. The zero-order valence-corrected chi connectivity index (χ0v) is 10.8. The summed E-state index contributed by atoms with van der Waals surface area (Å²) in [5.41, 5.74) is -0.611. The van der Waals surface area contributed by atoms with Crippen molar-refractivity contribution in [1.29, 1.82) is 0 Å². The van der Waals surface area contributed by atoms with Crippen molar-refractivity contribution >= 4 is 5.97 Å². The van der Waals surface area contributed by atoms with E-state index in [1.165, 1.54) is 7.11 Å². The fourth-order valence-electron chi connectivity index (χ4n) is 1.95. The van der Waals surface area contributed by atoms with Gasteiger partial charge < -0.3 is 24.4 Å². The van der Waals surface area contributed by atoms with Crippen LogP contribution in [-0.2, 0) is 19.0 Å². The van der Waals surface area contributed by atoms with Crippen LogP contribution in [0.3, 0.4) is 0 Å². The van der Waals surface area contributed by atoms with Crippen molar-refractivity contribution in [3.05, 3.63) is 0 Å². The van der Waals surface area contributed by atoms with E-state index in [1.807, 2.05) is 0 Å². The number of ether oxygens (including phenoxy) is 3. The summed E-state index contributed by atoms with van der Waals surface area (Å²) in [5, 5.41) is 17.5. The van der Waals surface area contributed by atoms with Crippen LogP contribution in [0.2, 0.25) is 0 Å². The van der Waals surface area contributed by atoms with Crippen molar-refractivity contribution in [1.82, 2.24) is 0 Å². The molecule has 18 heavy (non-hydrogen) atoms. The average molecular weight is 262 g/mol. The molecule has 6 heteroatoms. The molecule has 0 radical (unpaired) electrons. The van der Waals surface area contributed by atoms with Crippen LogP contribution in [0.25, 0.3) is 0 Å². The molecule has 2 rings (SSSR count). The highest BCUT2D eigenvalue weighted by Crippen LogP contribution is 2.23. The number of esters is 1. The Morgan fingerprint density at radius 3 is 2.39 bits per heavy atom. The molecule has 6 nitrogen and oxygen atoms in total. The highest BCUT2D eigenvalue weighted by Gasteiger charge is 2.33. The Morgan fingerprint density at radius 2 is 2.06 bits per heavy atom. The minimum atomic E-state index is -0.611. The van der Waals surface area contributed by atoms with Crippen molar-refractivity contribution < 1.29 is 29.2 Å². The summed E-state index contributed by atoms with van der Waals surface area (Å²) in [7, 11) is 1.38. The monoisotopic (exact) mass is 262 g/mol. The molecule has 0 saturated carbocycles. The van der Waals surface area contributed by atoms with Crippen molar-refractivity contribution in [3.8, 4) is 0 Å². The van der Waals surface area contributed by atoms with Crippen molar-refractivity contribution in [3.63, 3.8) is 0 Å². The van der Waals surface area contributed by atoms with Crippen LogP contribution < -0.4 is 0 Å². The predicted octanol–water partition coefficient (Wildman–Crippen LogP) is -0.141. The van der Waals surface area contributed by atoms with Crippen LogP contribution in [-0.4, -0.2) is 61.4 Å². The zero-order chi connectivity index (χ0) is 13.4. The first-order valence-corrected chi connectivity index (χ1v) is 6.22. The van der Waals surface area contributed by atoms with Gasteiger partial charge in [0.1, 0.15) is 5.60 Å². The van der Waals surface area contributed by atoms with Gasteiger partial charge in [0.05, 0.1) is 20.3 Å². The maximum absolute atomic E-state index is 10.7. The van der Waals surface area contributed by atoms with E-state index in [2.05, 4.69) is 4.74 Å². The Kier molecular flexibility index (Phi) is 6.56. The Labute approximate surface area is 107 Å². The molecule has 2 fully saturated rings. The third-order valence-corrected chi connectivity index (χ3v) is 3.16. The fraction of sp³-hybridized carbons (Fsp3) is 0.917. The fourth-order valence-corrected chi connectivity index (χ4v) is 1.95. The Hall–Kier alpha value is -0.690. The maximum Gasteiger partial charge on any atom is 0.334 e. The lowest BCUT2D eigenvalue weighted by atomic mass is 10.0. The van der Waals surface area contributed by atoms with Gasteiger partial charge in [0.15, 0.2) is 6.10 Å². The van der Waals surface area contributed by atoms with Crippen LogP contribution in [0.5, 0.6) is 0 Å². The van der Waals surface area contributed by atoms with E-state index < -0.39 is 5.60 Å². The number of methoxy groups -OCH3 is 1. The molecule has 0 aromatic carbocycles. The number of hydrogen-bond acceptors (Lipinski definition) is 6. The van der Waals surface area contributed by atoms with E-state index in [1.54, 1.807) is 0 Å². The summed E-state index contributed by atoms with van der Waals surface area (Å²) in [6.45, 7) is 1.23. The molecule has 2 heterocycles. The molecule has 0 amide bonds. The molecule has 0 aliphatic carbocycles. The molecule has 106 valence electrons. The average Bonchev–Trinajstić information content (AvgIpc) is 3.10. The third-order valence-electron chi connectivity index (χ3n) is 3.16. The van der Waals surface area contributed by atoms with Gasteiger partial charge in [-0.1, -0.05) is 0 Å². The third kappa shape index (κ3) is 4.20. The first-order valence-electron chi connectivity index (χ1n) is 6.22. The van der Waals surface area contributed by atoms with Gasteiger partial charge >= 0.3 is 5.97 Å². The molecule has 1 unspecified atom stereocenters. The van der Waals surface area contributed by atoms with Gasteiger partial charge in [0, 0.05) is 13.2 Å². The standard InChI is InChI=1S/C6H10O3.C6H12O3/c1-8-6(7)5-3-2-4-9-5;7-4-6(5-8)2-1-3-9-6/h5H,2-4H2,1H3;7-8H,1-5H2. The second-order valence-electron chi connectivity index (χ2n) is 4.48. The zero-order valence-electron chi connectivity index (χ0n) is 10.8. The molecule has 2 saturated heterocycles. The molecule has 0 aromatic heterocycles. The lowest BCUT2D eigenvalue weighted by Crippen LogP contribution is -2.36. The van der Waals surface area contributed by atoms with Gasteiger partial charge in [-0.15, -0.1) is 0 Å². The first kappa shape index (κ1) is 15.4. The van der Waals surface area contributed by atoms with E-state index in [-0.39, 0.29) is 25.3 Å². The molecular formula is C12H22O6. The quantitative estimate of drug-likeness (QED) is 0.689. The number of carbonyl (C=O) groups excluding carboxylic acids is 1. The van der Waals surface area contributed by atoms with Crippen LogP contribution in [0.1, 0.15) is 25.7 Å². The Morgan fingerprint density at radius 1 is 1.33 bits per heavy atom.